The first-order chi connectivity index (χ1) is 11.8. The van der Waals surface area contributed by atoms with Crippen LogP contribution in [0.15, 0.2) is 24.3 Å². The van der Waals surface area contributed by atoms with Crippen LogP contribution in [0.25, 0.3) is 0 Å². The van der Waals surface area contributed by atoms with E-state index in [0.29, 0.717) is 23.7 Å². The molecule has 1 aromatic heterocycles. The summed E-state index contributed by atoms with van der Waals surface area (Å²) in [5.41, 5.74) is 2.72. The molecule has 3 heterocycles. The number of aromatic nitrogens is 2. The van der Waals surface area contributed by atoms with Crippen molar-refractivity contribution in [2.75, 3.05) is 16.8 Å². The number of sulfone groups is 1. The standard InChI is InChI=1S/C17H18ClN3O3S/c1-10-16-14(11-3-2-4-12(18)7-11)8-15(22)19-17(16)21(20-10)13-5-6-25(23,24)9-13/h2-4,7,13-14H,5-6,8-9H2,1H3,(H,19,22)/t13-,14+/m1/s1. The van der Waals surface area contributed by atoms with E-state index in [4.69, 9.17) is 11.6 Å². The fourth-order valence-electron chi connectivity index (χ4n) is 3.81. The first-order valence-corrected chi connectivity index (χ1v) is 10.4. The number of benzene rings is 1. The smallest absolute Gasteiger partial charge is 0.226 e. The predicted octanol–water partition coefficient (Wildman–Crippen LogP) is 2.68. The molecule has 1 amide bonds. The van der Waals surface area contributed by atoms with E-state index < -0.39 is 9.84 Å². The second-order valence-electron chi connectivity index (χ2n) is 6.71. The van der Waals surface area contributed by atoms with Crippen LogP contribution < -0.4 is 5.32 Å². The highest BCUT2D eigenvalue weighted by Crippen LogP contribution is 2.41. The Kier molecular flexibility index (Phi) is 3.88. The summed E-state index contributed by atoms with van der Waals surface area (Å²) in [6.07, 6.45) is 0.844. The number of halogens is 1. The number of rotatable bonds is 2. The molecule has 8 heteroatoms. The zero-order valence-electron chi connectivity index (χ0n) is 13.7. The normalized spacial score (nSPS) is 24.8. The molecule has 132 valence electrons. The van der Waals surface area contributed by atoms with E-state index >= 15 is 0 Å². The molecule has 1 saturated heterocycles. The van der Waals surface area contributed by atoms with E-state index in [0.717, 1.165) is 16.8 Å². The Hall–Kier alpha value is -1.86. The van der Waals surface area contributed by atoms with Crippen molar-refractivity contribution in [3.8, 4) is 0 Å². The molecule has 0 aliphatic carbocycles. The molecule has 0 spiro atoms. The quantitative estimate of drug-likeness (QED) is 0.869. The zero-order chi connectivity index (χ0) is 17.8. The average Bonchev–Trinajstić information content (AvgIpc) is 3.06. The molecule has 0 unspecified atom stereocenters. The van der Waals surface area contributed by atoms with E-state index in [1.807, 2.05) is 25.1 Å². The third-order valence-electron chi connectivity index (χ3n) is 4.93. The molecule has 1 aromatic carbocycles. The number of nitrogens with one attached hydrogen (secondary N) is 1. The van der Waals surface area contributed by atoms with Gasteiger partial charge in [0, 0.05) is 22.9 Å². The van der Waals surface area contributed by atoms with Crippen LogP contribution in [0.2, 0.25) is 5.02 Å². The van der Waals surface area contributed by atoms with Crippen LogP contribution in [0.3, 0.4) is 0 Å². The van der Waals surface area contributed by atoms with Crippen molar-refractivity contribution in [2.45, 2.75) is 31.7 Å². The van der Waals surface area contributed by atoms with Crippen LogP contribution in [0.4, 0.5) is 5.82 Å². The molecule has 2 aliphatic rings. The van der Waals surface area contributed by atoms with Gasteiger partial charge in [-0.05, 0) is 31.0 Å². The summed E-state index contributed by atoms with van der Waals surface area (Å²) in [5.74, 6) is 0.629. The minimum Gasteiger partial charge on any atom is -0.311 e. The van der Waals surface area contributed by atoms with Crippen molar-refractivity contribution in [3.05, 3.63) is 46.1 Å². The molecular weight excluding hydrogens is 362 g/mol. The topological polar surface area (TPSA) is 81.1 Å². The number of carbonyl (C=O) groups is 1. The van der Waals surface area contributed by atoms with Gasteiger partial charge in [0.2, 0.25) is 5.91 Å². The number of aryl methyl sites for hydroxylation is 1. The van der Waals surface area contributed by atoms with Crippen molar-refractivity contribution in [1.29, 1.82) is 0 Å². The van der Waals surface area contributed by atoms with Gasteiger partial charge >= 0.3 is 0 Å². The van der Waals surface area contributed by atoms with Crippen LogP contribution in [0.1, 0.15) is 41.6 Å². The van der Waals surface area contributed by atoms with Crippen LogP contribution >= 0.6 is 11.6 Å². The number of amides is 1. The van der Waals surface area contributed by atoms with Gasteiger partial charge < -0.3 is 5.32 Å². The summed E-state index contributed by atoms with van der Waals surface area (Å²) in [6, 6.07) is 7.26. The van der Waals surface area contributed by atoms with Crippen molar-refractivity contribution in [2.24, 2.45) is 0 Å². The lowest BCUT2D eigenvalue weighted by Gasteiger charge is -2.25. The Morgan fingerprint density at radius 1 is 1.36 bits per heavy atom. The third-order valence-corrected chi connectivity index (χ3v) is 6.92. The maximum atomic E-state index is 12.3. The largest absolute Gasteiger partial charge is 0.311 e. The molecule has 6 nitrogen and oxygen atoms in total. The Morgan fingerprint density at radius 3 is 2.84 bits per heavy atom. The van der Waals surface area contributed by atoms with Gasteiger partial charge in [-0.2, -0.15) is 5.10 Å². The van der Waals surface area contributed by atoms with E-state index in [1.54, 1.807) is 10.7 Å². The van der Waals surface area contributed by atoms with Crippen molar-refractivity contribution in [1.82, 2.24) is 9.78 Å². The van der Waals surface area contributed by atoms with Gasteiger partial charge in [0.1, 0.15) is 5.82 Å². The Bertz CT molecular complexity index is 968. The van der Waals surface area contributed by atoms with E-state index in [9.17, 15) is 13.2 Å². The fourth-order valence-corrected chi connectivity index (χ4v) is 5.70. The Morgan fingerprint density at radius 2 is 2.16 bits per heavy atom. The summed E-state index contributed by atoms with van der Waals surface area (Å²) >= 11 is 6.12. The number of carbonyl (C=O) groups excluding carboxylic acids is 1. The van der Waals surface area contributed by atoms with Crippen LogP contribution in [0.5, 0.6) is 0 Å². The number of hydrogen-bond donors (Lipinski definition) is 1. The average molecular weight is 380 g/mol. The zero-order valence-corrected chi connectivity index (χ0v) is 15.3. The predicted molar refractivity (Wildman–Crippen MR) is 95.8 cm³/mol. The highest BCUT2D eigenvalue weighted by Gasteiger charge is 2.37. The molecule has 4 rings (SSSR count). The van der Waals surface area contributed by atoms with Crippen molar-refractivity contribution >= 4 is 33.2 Å². The van der Waals surface area contributed by atoms with Gasteiger partial charge in [-0.1, -0.05) is 23.7 Å². The van der Waals surface area contributed by atoms with Gasteiger partial charge in [-0.3, -0.25) is 4.79 Å². The summed E-state index contributed by atoms with van der Waals surface area (Å²) in [7, 11) is -3.04. The number of anilines is 1. The first-order valence-electron chi connectivity index (χ1n) is 8.19. The molecule has 0 radical (unpaired) electrons. The van der Waals surface area contributed by atoms with Crippen LogP contribution in [0, 0.1) is 6.92 Å². The number of fused-ring (bicyclic) bond motifs is 1. The monoisotopic (exact) mass is 379 g/mol. The lowest BCUT2D eigenvalue weighted by Crippen LogP contribution is -2.26. The Labute approximate surface area is 151 Å². The van der Waals surface area contributed by atoms with Gasteiger partial charge in [-0.15, -0.1) is 0 Å². The molecule has 2 aliphatic heterocycles. The molecule has 2 aromatic rings. The minimum absolute atomic E-state index is 0.0677. The first kappa shape index (κ1) is 16.6. The Balaban J connectivity index is 1.81. The highest BCUT2D eigenvalue weighted by atomic mass is 35.5. The van der Waals surface area contributed by atoms with Gasteiger partial charge in [0.25, 0.3) is 0 Å². The summed E-state index contributed by atoms with van der Waals surface area (Å²) in [6.45, 7) is 1.90. The molecule has 0 bridgehead atoms. The lowest BCUT2D eigenvalue weighted by atomic mass is 9.86. The molecule has 2 atom stereocenters. The second-order valence-corrected chi connectivity index (χ2v) is 9.37. The van der Waals surface area contributed by atoms with Crippen LogP contribution in [-0.4, -0.2) is 35.6 Å². The van der Waals surface area contributed by atoms with E-state index in [-0.39, 0.29) is 29.4 Å². The third kappa shape index (κ3) is 2.95. The SMILES string of the molecule is Cc1nn([C@@H]2CCS(=O)(=O)C2)c2c1[C@H](c1cccc(Cl)c1)CC(=O)N2. The molecule has 1 fully saturated rings. The number of hydrogen-bond acceptors (Lipinski definition) is 4. The molecular formula is C17H18ClN3O3S. The molecule has 25 heavy (non-hydrogen) atoms. The van der Waals surface area contributed by atoms with Crippen LogP contribution in [-0.2, 0) is 14.6 Å². The van der Waals surface area contributed by atoms with Crippen molar-refractivity contribution in [3.63, 3.8) is 0 Å². The fraction of sp³-hybridized carbons (Fsp3) is 0.412. The lowest BCUT2D eigenvalue weighted by molar-refractivity contribution is -0.116. The van der Waals surface area contributed by atoms with E-state index in [2.05, 4.69) is 10.4 Å². The minimum atomic E-state index is -3.04. The second kappa shape index (κ2) is 5.85. The molecule has 1 N–H and O–H groups in total. The maximum absolute atomic E-state index is 12.3. The van der Waals surface area contributed by atoms with Gasteiger partial charge in [0.15, 0.2) is 9.84 Å². The summed E-state index contributed by atoms with van der Waals surface area (Å²) in [4.78, 5) is 12.3. The van der Waals surface area contributed by atoms with E-state index in [1.165, 1.54) is 0 Å². The van der Waals surface area contributed by atoms with Gasteiger partial charge in [0.05, 0.1) is 23.2 Å². The van der Waals surface area contributed by atoms with Crippen molar-refractivity contribution < 1.29 is 13.2 Å². The van der Waals surface area contributed by atoms with Gasteiger partial charge in [-0.25, -0.2) is 13.1 Å². The highest BCUT2D eigenvalue weighted by molar-refractivity contribution is 7.91. The molecule has 0 saturated carbocycles. The summed E-state index contributed by atoms with van der Waals surface area (Å²) < 4.78 is 25.4. The summed E-state index contributed by atoms with van der Waals surface area (Å²) in [5, 5.41) is 8.10. The maximum Gasteiger partial charge on any atom is 0.226 e. The number of nitrogens with zero attached hydrogens (tertiary/aromatic N) is 2.